The number of ether oxygens (including phenoxy) is 1. The Morgan fingerprint density at radius 1 is 1.62 bits per heavy atom. The first-order chi connectivity index (χ1) is 6.15. The van der Waals surface area contributed by atoms with Gasteiger partial charge in [0.2, 0.25) is 0 Å². The van der Waals surface area contributed by atoms with Crippen LogP contribution in [-0.2, 0) is 9.53 Å². The lowest BCUT2D eigenvalue weighted by molar-refractivity contribution is -0.116. The Labute approximate surface area is 75.3 Å². The van der Waals surface area contributed by atoms with Crippen LogP contribution >= 0.6 is 0 Å². The maximum atomic E-state index is 11.1. The number of hydrogen-bond acceptors (Lipinski definition) is 4. The highest BCUT2D eigenvalue weighted by Gasteiger charge is 2.24. The lowest BCUT2D eigenvalue weighted by Crippen LogP contribution is -2.45. The molecule has 0 spiro atoms. The Balaban J connectivity index is 2.66. The van der Waals surface area contributed by atoms with Gasteiger partial charge in [-0.25, -0.2) is 4.79 Å². The monoisotopic (exact) mass is 184 g/mol. The van der Waals surface area contributed by atoms with Gasteiger partial charge in [-0.3, -0.25) is 9.69 Å². The molecule has 1 radical (unpaired) electrons. The highest BCUT2D eigenvalue weighted by Crippen LogP contribution is 2.04. The molecule has 1 aliphatic rings. The quantitative estimate of drug-likeness (QED) is 0.609. The van der Waals surface area contributed by atoms with Crippen LogP contribution in [0.25, 0.3) is 0 Å². The van der Waals surface area contributed by atoms with Crippen molar-refractivity contribution in [1.82, 2.24) is 10.2 Å². The zero-order valence-electron chi connectivity index (χ0n) is 7.19. The fraction of sp³-hybridized carbons (Fsp3) is 0.429. The maximum absolute atomic E-state index is 11.1. The number of nitrogens with two attached hydrogens (primary N) is 1. The minimum absolute atomic E-state index is 0.113. The molecule has 0 aromatic rings. The smallest absolute Gasteiger partial charge is 0.352 e. The number of methoxy groups -OCH3 is 1. The number of carbonyl (C=O) groups is 2. The SMILES string of the molecule is COCCN1C(=O)[N]C(=O)C=C1N. The molecule has 0 saturated carbocycles. The number of urea groups is 1. The third-order valence-corrected chi connectivity index (χ3v) is 1.54. The first kappa shape index (κ1) is 9.53. The zero-order chi connectivity index (χ0) is 9.84. The summed E-state index contributed by atoms with van der Waals surface area (Å²) < 4.78 is 4.76. The van der Waals surface area contributed by atoms with E-state index in [2.05, 4.69) is 5.32 Å². The van der Waals surface area contributed by atoms with Crippen LogP contribution in [0.5, 0.6) is 0 Å². The van der Waals surface area contributed by atoms with Gasteiger partial charge in [0, 0.05) is 13.2 Å². The molecular weight excluding hydrogens is 174 g/mol. The van der Waals surface area contributed by atoms with E-state index >= 15 is 0 Å². The summed E-state index contributed by atoms with van der Waals surface area (Å²) in [4.78, 5) is 23.0. The maximum Gasteiger partial charge on any atom is 0.352 e. The average molecular weight is 184 g/mol. The molecule has 13 heavy (non-hydrogen) atoms. The molecule has 0 fully saturated rings. The summed E-state index contributed by atoms with van der Waals surface area (Å²) in [6.45, 7) is 0.651. The molecule has 6 heteroatoms. The van der Waals surface area contributed by atoms with Gasteiger partial charge < -0.3 is 10.5 Å². The molecule has 0 aliphatic carbocycles. The molecular formula is C7H10N3O3. The molecule has 1 heterocycles. The van der Waals surface area contributed by atoms with Gasteiger partial charge in [0.1, 0.15) is 5.82 Å². The van der Waals surface area contributed by atoms with E-state index in [1.165, 1.54) is 12.0 Å². The molecule has 0 unspecified atom stereocenters. The number of nitrogens with zero attached hydrogens (tertiary/aromatic N) is 2. The third-order valence-electron chi connectivity index (χ3n) is 1.54. The third kappa shape index (κ3) is 2.19. The minimum Gasteiger partial charge on any atom is -0.385 e. The van der Waals surface area contributed by atoms with Gasteiger partial charge in [-0.15, -0.1) is 0 Å². The molecule has 1 aliphatic heterocycles. The second-order valence-corrected chi connectivity index (χ2v) is 2.45. The molecule has 1 rings (SSSR count). The summed E-state index contributed by atoms with van der Waals surface area (Å²) in [5, 5.41) is 3.20. The zero-order valence-corrected chi connectivity index (χ0v) is 7.19. The number of imide groups is 1. The Kier molecular flexibility index (Phi) is 2.86. The Bertz CT molecular complexity index is 262. The second-order valence-electron chi connectivity index (χ2n) is 2.45. The van der Waals surface area contributed by atoms with Crippen LogP contribution in [0.1, 0.15) is 0 Å². The first-order valence-electron chi connectivity index (χ1n) is 3.68. The second kappa shape index (κ2) is 3.90. The van der Waals surface area contributed by atoms with Crippen LogP contribution in [0.4, 0.5) is 4.79 Å². The van der Waals surface area contributed by atoms with Crippen molar-refractivity contribution in [3.8, 4) is 0 Å². The van der Waals surface area contributed by atoms with Gasteiger partial charge in [-0.1, -0.05) is 0 Å². The summed E-state index contributed by atoms with van der Waals surface area (Å²) in [5.74, 6) is -0.502. The van der Waals surface area contributed by atoms with E-state index < -0.39 is 11.9 Å². The topological polar surface area (TPSA) is 86.7 Å². The van der Waals surface area contributed by atoms with Gasteiger partial charge in [0.05, 0.1) is 13.2 Å². The number of amides is 3. The van der Waals surface area contributed by atoms with Crippen LogP contribution in [-0.4, -0.2) is 37.1 Å². The number of rotatable bonds is 3. The van der Waals surface area contributed by atoms with E-state index in [1.54, 1.807) is 0 Å². The van der Waals surface area contributed by atoms with E-state index in [0.717, 1.165) is 6.08 Å². The lowest BCUT2D eigenvalue weighted by atomic mass is 10.4. The van der Waals surface area contributed by atoms with Crippen molar-refractivity contribution in [3.63, 3.8) is 0 Å². The van der Waals surface area contributed by atoms with Crippen LogP contribution < -0.4 is 11.1 Å². The van der Waals surface area contributed by atoms with E-state index in [9.17, 15) is 9.59 Å². The van der Waals surface area contributed by atoms with Crippen molar-refractivity contribution in [2.75, 3.05) is 20.3 Å². The van der Waals surface area contributed by atoms with Gasteiger partial charge >= 0.3 is 6.03 Å². The standard InChI is InChI=1S/C7H10N3O3/c1-13-3-2-10-5(8)4-6(11)9-7(10)12/h4H,2-3,8H2,1H3. The highest BCUT2D eigenvalue weighted by molar-refractivity contribution is 6.03. The van der Waals surface area contributed by atoms with Crippen molar-refractivity contribution in [2.45, 2.75) is 0 Å². The van der Waals surface area contributed by atoms with Crippen molar-refractivity contribution < 1.29 is 14.3 Å². The van der Waals surface area contributed by atoms with Crippen LogP contribution in [0.15, 0.2) is 11.9 Å². The van der Waals surface area contributed by atoms with Crippen LogP contribution in [0.3, 0.4) is 0 Å². The molecule has 6 nitrogen and oxygen atoms in total. The van der Waals surface area contributed by atoms with E-state index in [1.807, 2.05) is 0 Å². The minimum atomic E-state index is -0.637. The Morgan fingerprint density at radius 2 is 2.31 bits per heavy atom. The van der Waals surface area contributed by atoms with Gasteiger partial charge in [-0.05, 0) is 0 Å². The Hall–Kier alpha value is -1.56. The van der Waals surface area contributed by atoms with E-state index in [-0.39, 0.29) is 5.82 Å². The Morgan fingerprint density at radius 3 is 2.85 bits per heavy atom. The van der Waals surface area contributed by atoms with Crippen molar-refractivity contribution in [3.05, 3.63) is 11.9 Å². The van der Waals surface area contributed by atoms with Gasteiger partial charge in [0.25, 0.3) is 5.91 Å². The normalized spacial score (nSPS) is 17.0. The molecule has 0 aromatic carbocycles. The van der Waals surface area contributed by atoms with Gasteiger partial charge in [-0.2, -0.15) is 5.32 Å². The van der Waals surface area contributed by atoms with Crippen molar-refractivity contribution in [2.24, 2.45) is 5.73 Å². The predicted octanol–water partition coefficient (Wildman–Crippen LogP) is -1.00. The van der Waals surface area contributed by atoms with Crippen molar-refractivity contribution >= 4 is 11.9 Å². The first-order valence-corrected chi connectivity index (χ1v) is 3.68. The van der Waals surface area contributed by atoms with Gasteiger partial charge in [0.15, 0.2) is 0 Å². The summed E-state index contributed by atoms with van der Waals surface area (Å²) in [6, 6.07) is -0.637. The van der Waals surface area contributed by atoms with E-state index in [0.29, 0.717) is 13.2 Å². The van der Waals surface area contributed by atoms with Crippen LogP contribution in [0, 0.1) is 0 Å². The average Bonchev–Trinajstić information content (AvgIpc) is 2.02. The largest absolute Gasteiger partial charge is 0.385 e. The predicted molar refractivity (Wildman–Crippen MR) is 43.4 cm³/mol. The summed E-state index contributed by atoms with van der Waals surface area (Å²) in [7, 11) is 1.51. The molecule has 0 bridgehead atoms. The summed E-state index contributed by atoms with van der Waals surface area (Å²) >= 11 is 0. The molecule has 0 aromatic heterocycles. The fourth-order valence-electron chi connectivity index (χ4n) is 0.909. The molecule has 0 saturated heterocycles. The van der Waals surface area contributed by atoms with Crippen molar-refractivity contribution in [1.29, 1.82) is 0 Å². The summed E-state index contributed by atoms with van der Waals surface area (Å²) in [6.07, 6.45) is 1.11. The molecule has 0 atom stereocenters. The molecule has 71 valence electrons. The number of hydrogen-bond donors (Lipinski definition) is 1. The number of carbonyl (C=O) groups excluding carboxylic acids is 2. The molecule has 3 amide bonds. The fourth-order valence-corrected chi connectivity index (χ4v) is 0.909. The van der Waals surface area contributed by atoms with E-state index in [4.69, 9.17) is 10.5 Å². The highest BCUT2D eigenvalue weighted by atomic mass is 16.5. The summed E-state index contributed by atoms with van der Waals surface area (Å²) in [5.41, 5.74) is 5.43. The van der Waals surface area contributed by atoms with Crippen LogP contribution in [0.2, 0.25) is 0 Å². The lowest BCUT2D eigenvalue weighted by Gasteiger charge is -2.23. The molecule has 2 N–H and O–H groups in total.